The van der Waals surface area contributed by atoms with Crippen LogP contribution in [0.1, 0.15) is 16.7 Å². The average Bonchev–Trinajstić information content (AvgIpc) is 2.80. The van der Waals surface area contributed by atoms with Crippen molar-refractivity contribution < 1.29 is 17.9 Å². The first kappa shape index (κ1) is 24.8. The van der Waals surface area contributed by atoms with Crippen molar-refractivity contribution in [1.29, 1.82) is 0 Å². The zero-order chi connectivity index (χ0) is 23.8. The van der Waals surface area contributed by atoms with E-state index in [1.807, 2.05) is 31.2 Å². The van der Waals surface area contributed by atoms with Crippen molar-refractivity contribution in [3.05, 3.63) is 94.5 Å². The third-order valence-electron chi connectivity index (χ3n) is 5.18. The zero-order valence-corrected chi connectivity index (χ0v) is 20.2. The van der Waals surface area contributed by atoms with E-state index >= 15 is 0 Å². The van der Waals surface area contributed by atoms with Gasteiger partial charge in [0.15, 0.2) is 0 Å². The second kappa shape index (κ2) is 11.3. The fourth-order valence-corrected chi connectivity index (χ4v) is 4.83. The van der Waals surface area contributed by atoms with Crippen LogP contribution in [0.25, 0.3) is 0 Å². The quantitative estimate of drug-likeness (QED) is 0.466. The molecular formula is C25H27ClN2O4S. The number of sulfonamides is 1. The molecule has 0 bridgehead atoms. The number of halogens is 1. The van der Waals surface area contributed by atoms with Crippen molar-refractivity contribution in [2.45, 2.75) is 24.8 Å². The first-order chi connectivity index (χ1) is 15.8. The summed E-state index contributed by atoms with van der Waals surface area (Å²) in [5, 5.41) is 3.26. The number of rotatable bonds is 10. The SMILES string of the molecule is COc1ccc(CCNC(=O)CN(Cc2ccccc2Cl)S(=O)(=O)c2ccc(C)cc2)cc1. The predicted octanol–water partition coefficient (Wildman–Crippen LogP) is 4.21. The van der Waals surface area contributed by atoms with Gasteiger partial charge in [0.25, 0.3) is 0 Å². The minimum atomic E-state index is -3.91. The first-order valence-corrected chi connectivity index (χ1v) is 12.3. The number of nitrogens with zero attached hydrogens (tertiary/aromatic N) is 1. The van der Waals surface area contributed by atoms with E-state index in [0.717, 1.165) is 21.2 Å². The summed E-state index contributed by atoms with van der Waals surface area (Å²) >= 11 is 6.26. The molecule has 3 aromatic rings. The Morgan fingerprint density at radius 2 is 1.67 bits per heavy atom. The third kappa shape index (κ3) is 6.81. The van der Waals surface area contributed by atoms with E-state index in [2.05, 4.69) is 5.32 Å². The number of amides is 1. The number of nitrogens with one attached hydrogen (secondary N) is 1. The van der Waals surface area contributed by atoms with Gasteiger partial charge in [0.1, 0.15) is 5.75 Å². The number of aryl methyl sites for hydroxylation is 1. The van der Waals surface area contributed by atoms with Gasteiger partial charge < -0.3 is 10.1 Å². The maximum Gasteiger partial charge on any atom is 0.243 e. The lowest BCUT2D eigenvalue weighted by atomic mass is 10.1. The second-order valence-corrected chi connectivity index (χ2v) is 9.97. The van der Waals surface area contributed by atoms with E-state index < -0.39 is 10.0 Å². The van der Waals surface area contributed by atoms with Gasteiger partial charge >= 0.3 is 0 Å². The molecule has 8 heteroatoms. The van der Waals surface area contributed by atoms with Crippen LogP contribution < -0.4 is 10.1 Å². The number of benzene rings is 3. The number of ether oxygens (including phenoxy) is 1. The van der Waals surface area contributed by atoms with Gasteiger partial charge in [-0.2, -0.15) is 4.31 Å². The van der Waals surface area contributed by atoms with Crippen LogP contribution in [-0.2, 0) is 27.8 Å². The molecule has 0 heterocycles. The van der Waals surface area contributed by atoms with Crippen molar-refractivity contribution in [2.24, 2.45) is 0 Å². The normalized spacial score (nSPS) is 11.4. The molecule has 0 aliphatic carbocycles. The van der Waals surface area contributed by atoms with E-state index in [9.17, 15) is 13.2 Å². The number of carbonyl (C=O) groups excluding carboxylic acids is 1. The predicted molar refractivity (Wildman–Crippen MR) is 130 cm³/mol. The largest absolute Gasteiger partial charge is 0.497 e. The van der Waals surface area contributed by atoms with Crippen LogP contribution in [0, 0.1) is 6.92 Å². The Labute approximate surface area is 200 Å². The molecule has 0 atom stereocenters. The fourth-order valence-electron chi connectivity index (χ4n) is 3.26. The fraction of sp³-hybridized carbons (Fsp3) is 0.240. The molecule has 3 aromatic carbocycles. The van der Waals surface area contributed by atoms with Gasteiger partial charge in [-0.15, -0.1) is 0 Å². The zero-order valence-electron chi connectivity index (χ0n) is 18.6. The van der Waals surface area contributed by atoms with Gasteiger partial charge in [0.2, 0.25) is 15.9 Å². The number of hydrogen-bond donors (Lipinski definition) is 1. The highest BCUT2D eigenvalue weighted by Gasteiger charge is 2.27. The van der Waals surface area contributed by atoms with Gasteiger partial charge in [-0.05, 0) is 54.8 Å². The number of hydrogen-bond acceptors (Lipinski definition) is 4. The third-order valence-corrected chi connectivity index (χ3v) is 7.35. The molecule has 0 aliphatic rings. The molecule has 174 valence electrons. The Kier molecular flexibility index (Phi) is 8.49. The molecule has 33 heavy (non-hydrogen) atoms. The molecule has 3 rings (SSSR count). The Balaban J connectivity index is 1.72. The van der Waals surface area contributed by atoms with Crippen LogP contribution in [0.15, 0.2) is 77.7 Å². The van der Waals surface area contributed by atoms with Crippen LogP contribution in [0.3, 0.4) is 0 Å². The summed E-state index contributed by atoms with van der Waals surface area (Å²) in [5.41, 5.74) is 2.61. The number of methoxy groups -OCH3 is 1. The van der Waals surface area contributed by atoms with Crippen molar-refractivity contribution in [2.75, 3.05) is 20.2 Å². The van der Waals surface area contributed by atoms with E-state index in [4.69, 9.17) is 16.3 Å². The molecule has 0 unspecified atom stereocenters. The summed E-state index contributed by atoms with van der Waals surface area (Å²) in [7, 11) is -2.31. The molecule has 0 saturated carbocycles. The van der Waals surface area contributed by atoms with Gasteiger partial charge in [-0.25, -0.2) is 8.42 Å². The molecule has 1 N–H and O–H groups in total. The Morgan fingerprint density at radius 1 is 1.00 bits per heavy atom. The summed E-state index contributed by atoms with van der Waals surface area (Å²) in [6.45, 7) is 1.94. The summed E-state index contributed by atoms with van der Waals surface area (Å²) in [5.74, 6) is 0.380. The lowest BCUT2D eigenvalue weighted by Gasteiger charge is -2.22. The lowest BCUT2D eigenvalue weighted by Crippen LogP contribution is -2.40. The monoisotopic (exact) mass is 486 g/mol. The van der Waals surface area contributed by atoms with Gasteiger partial charge in [-0.1, -0.05) is 59.6 Å². The van der Waals surface area contributed by atoms with Crippen LogP contribution >= 0.6 is 11.6 Å². The molecule has 0 fully saturated rings. The molecule has 0 radical (unpaired) electrons. The van der Waals surface area contributed by atoms with Gasteiger partial charge in [-0.3, -0.25) is 4.79 Å². The van der Waals surface area contributed by atoms with Crippen molar-refractivity contribution in [3.63, 3.8) is 0 Å². The van der Waals surface area contributed by atoms with Crippen molar-refractivity contribution in [1.82, 2.24) is 9.62 Å². The molecule has 0 spiro atoms. The molecule has 0 saturated heterocycles. The summed E-state index contributed by atoms with van der Waals surface area (Å²) in [4.78, 5) is 12.8. The van der Waals surface area contributed by atoms with Crippen LogP contribution in [0.4, 0.5) is 0 Å². The van der Waals surface area contributed by atoms with E-state index in [0.29, 0.717) is 23.6 Å². The van der Waals surface area contributed by atoms with E-state index in [-0.39, 0.29) is 23.9 Å². The summed E-state index contributed by atoms with van der Waals surface area (Å²) in [6.07, 6.45) is 0.616. The Bertz CT molecular complexity index is 1180. The molecule has 0 aromatic heterocycles. The topological polar surface area (TPSA) is 75.7 Å². The van der Waals surface area contributed by atoms with Gasteiger partial charge in [0.05, 0.1) is 18.6 Å². The van der Waals surface area contributed by atoms with Crippen molar-refractivity contribution in [3.8, 4) is 5.75 Å². The standard InChI is InChI=1S/C25H27ClN2O4S/c1-19-7-13-23(14-8-19)33(30,31)28(17-21-5-3-4-6-24(21)26)18-25(29)27-16-15-20-9-11-22(32-2)12-10-20/h3-14H,15-18H2,1-2H3,(H,27,29). The molecule has 0 aliphatic heterocycles. The highest BCUT2D eigenvalue weighted by molar-refractivity contribution is 7.89. The van der Waals surface area contributed by atoms with Crippen LogP contribution in [-0.4, -0.2) is 38.8 Å². The van der Waals surface area contributed by atoms with Gasteiger partial charge in [0, 0.05) is 18.1 Å². The summed E-state index contributed by atoms with van der Waals surface area (Å²) < 4.78 is 33.0. The Hall–Kier alpha value is -2.87. The maximum atomic E-state index is 13.3. The average molecular weight is 487 g/mol. The smallest absolute Gasteiger partial charge is 0.243 e. The van der Waals surface area contributed by atoms with E-state index in [1.54, 1.807) is 55.6 Å². The second-order valence-electron chi connectivity index (χ2n) is 7.63. The van der Waals surface area contributed by atoms with Crippen LogP contribution in [0.5, 0.6) is 5.75 Å². The maximum absolute atomic E-state index is 13.3. The number of carbonyl (C=O) groups is 1. The highest BCUT2D eigenvalue weighted by atomic mass is 35.5. The van der Waals surface area contributed by atoms with Crippen LogP contribution in [0.2, 0.25) is 5.02 Å². The summed E-state index contributed by atoms with van der Waals surface area (Å²) in [6, 6.07) is 21.1. The van der Waals surface area contributed by atoms with Crippen molar-refractivity contribution >= 4 is 27.5 Å². The minimum absolute atomic E-state index is 0.0121. The first-order valence-electron chi connectivity index (χ1n) is 10.5. The lowest BCUT2D eigenvalue weighted by molar-refractivity contribution is -0.121. The molecule has 1 amide bonds. The molecular weight excluding hydrogens is 460 g/mol. The Morgan fingerprint density at radius 3 is 2.30 bits per heavy atom. The molecule has 6 nitrogen and oxygen atoms in total. The van der Waals surface area contributed by atoms with E-state index in [1.165, 1.54) is 0 Å². The minimum Gasteiger partial charge on any atom is -0.497 e. The highest BCUT2D eigenvalue weighted by Crippen LogP contribution is 2.22.